The molecular formula is C6H13NO4. The molecule has 0 bridgehead atoms. The molecule has 66 valence electrons. The molecule has 0 radical (unpaired) electrons. The van der Waals surface area contributed by atoms with Crippen molar-refractivity contribution in [3.8, 4) is 0 Å². The molecule has 5 nitrogen and oxygen atoms in total. The van der Waals surface area contributed by atoms with Gasteiger partial charge in [-0.05, 0) is 13.0 Å². The molecule has 0 saturated carbocycles. The third kappa shape index (κ3) is 4.72. The van der Waals surface area contributed by atoms with Crippen LogP contribution in [0.3, 0.4) is 0 Å². The van der Waals surface area contributed by atoms with Crippen LogP contribution in [-0.4, -0.2) is 37.6 Å². The lowest BCUT2D eigenvalue weighted by molar-refractivity contribution is -0.159. The van der Waals surface area contributed by atoms with Gasteiger partial charge < -0.3 is 20.3 Å². The van der Waals surface area contributed by atoms with E-state index in [1.54, 1.807) is 0 Å². The number of hydrogen-bond donors (Lipinski definition) is 2. The summed E-state index contributed by atoms with van der Waals surface area (Å²) in [5.74, 6) is -1.01. The van der Waals surface area contributed by atoms with Gasteiger partial charge >= 0.3 is 5.97 Å². The SMILES string of the molecule is COCOC(CCN)C(=O)O. The summed E-state index contributed by atoms with van der Waals surface area (Å²) < 4.78 is 9.33. The molecule has 0 spiro atoms. The Labute approximate surface area is 65.1 Å². The smallest absolute Gasteiger partial charge is 0.332 e. The molecule has 1 atom stereocenters. The summed E-state index contributed by atoms with van der Waals surface area (Å²) in [5.41, 5.74) is 5.15. The first-order valence-corrected chi connectivity index (χ1v) is 3.25. The summed E-state index contributed by atoms with van der Waals surface area (Å²) in [6, 6.07) is 0. The minimum atomic E-state index is -1.01. The highest BCUT2D eigenvalue weighted by atomic mass is 16.7. The molecule has 0 fully saturated rings. The van der Waals surface area contributed by atoms with E-state index < -0.39 is 12.1 Å². The quantitative estimate of drug-likeness (QED) is 0.511. The molecule has 5 heteroatoms. The monoisotopic (exact) mass is 163 g/mol. The molecule has 0 aliphatic heterocycles. The summed E-state index contributed by atoms with van der Waals surface area (Å²) in [7, 11) is 1.43. The molecule has 0 aromatic rings. The van der Waals surface area contributed by atoms with Crippen molar-refractivity contribution in [2.24, 2.45) is 5.73 Å². The van der Waals surface area contributed by atoms with Crippen molar-refractivity contribution in [1.29, 1.82) is 0 Å². The van der Waals surface area contributed by atoms with Gasteiger partial charge in [-0.1, -0.05) is 0 Å². The van der Waals surface area contributed by atoms with Crippen LogP contribution in [0.2, 0.25) is 0 Å². The molecule has 0 aliphatic carbocycles. The first kappa shape index (κ1) is 10.3. The fraction of sp³-hybridized carbons (Fsp3) is 0.833. The second-order valence-electron chi connectivity index (χ2n) is 1.98. The van der Waals surface area contributed by atoms with Gasteiger partial charge in [-0.25, -0.2) is 4.79 Å². The second-order valence-corrected chi connectivity index (χ2v) is 1.98. The number of carbonyl (C=O) groups is 1. The van der Waals surface area contributed by atoms with Crippen LogP contribution in [0, 0.1) is 0 Å². The van der Waals surface area contributed by atoms with E-state index in [2.05, 4.69) is 4.74 Å². The van der Waals surface area contributed by atoms with Crippen LogP contribution in [0.15, 0.2) is 0 Å². The molecule has 0 amide bonds. The van der Waals surface area contributed by atoms with E-state index in [0.29, 0.717) is 13.0 Å². The molecular weight excluding hydrogens is 150 g/mol. The number of ether oxygens (including phenoxy) is 2. The Morgan fingerprint density at radius 1 is 1.73 bits per heavy atom. The summed E-state index contributed by atoms with van der Waals surface area (Å²) in [5, 5.41) is 8.49. The van der Waals surface area contributed by atoms with Crippen LogP contribution in [-0.2, 0) is 14.3 Å². The van der Waals surface area contributed by atoms with Gasteiger partial charge in [-0.15, -0.1) is 0 Å². The molecule has 0 aromatic heterocycles. The van der Waals surface area contributed by atoms with Gasteiger partial charge in [0, 0.05) is 7.11 Å². The van der Waals surface area contributed by atoms with Gasteiger partial charge in [-0.2, -0.15) is 0 Å². The van der Waals surface area contributed by atoms with Crippen molar-refractivity contribution in [1.82, 2.24) is 0 Å². The van der Waals surface area contributed by atoms with Gasteiger partial charge in [0.25, 0.3) is 0 Å². The third-order valence-corrected chi connectivity index (χ3v) is 1.09. The minimum absolute atomic E-state index is 0.0169. The predicted octanol–water partition coefficient (Wildman–Crippen LogP) is -0.591. The van der Waals surface area contributed by atoms with Gasteiger partial charge in [0.2, 0.25) is 0 Å². The third-order valence-electron chi connectivity index (χ3n) is 1.09. The van der Waals surface area contributed by atoms with E-state index >= 15 is 0 Å². The fourth-order valence-corrected chi connectivity index (χ4v) is 0.580. The van der Waals surface area contributed by atoms with E-state index in [9.17, 15) is 4.79 Å². The van der Waals surface area contributed by atoms with Gasteiger partial charge in [0.15, 0.2) is 6.10 Å². The van der Waals surface area contributed by atoms with E-state index in [-0.39, 0.29) is 6.79 Å². The zero-order valence-electron chi connectivity index (χ0n) is 6.45. The summed E-state index contributed by atoms with van der Waals surface area (Å²) in [6.07, 6.45) is -0.543. The topological polar surface area (TPSA) is 81.8 Å². The van der Waals surface area contributed by atoms with Crippen molar-refractivity contribution in [3.05, 3.63) is 0 Å². The Hall–Kier alpha value is -0.650. The summed E-state index contributed by atoms with van der Waals surface area (Å²) in [4.78, 5) is 10.4. The van der Waals surface area contributed by atoms with E-state index in [0.717, 1.165) is 0 Å². The number of carboxylic acid groups (broad SMARTS) is 1. The summed E-state index contributed by atoms with van der Waals surface area (Å²) in [6.45, 7) is 0.275. The van der Waals surface area contributed by atoms with E-state index in [1.807, 2.05) is 0 Å². The number of rotatable bonds is 6. The highest BCUT2D eigenvalue weighted by molar-refractivity contribution is 5.72. The Morgan fingerprint density at radius 2 is 2.36 bits per heavy atom. The van der Waals surface area contributed by atoms with Crippen LogP contribution >= 0.6 is 0 Å². The van der Waals surface area contributed by atoms with Crippen LogP contribution in [0.5, 0.6) is 0 Å². The molecule has 0 heterocycles. The predicted molar refractivity (Wildman–Crippen MR) is 38.1 cm³/mol. The first-order chi connectivity index (χ1) is 5.22. The molecule has 11 heavy (non-hydrogen) atoms. The zero-order valence-corrected chi connectivity index (χ0v) is 6.45. The number of methoxy groups -OCH3 is 1. The maximum absolute atomic E-state index is 10.4. The molecule has 3 N–H and O–H groups in total. The average Bonchev–Trinajstić information content (AvgIpc) is 1.97. The Kier molecular flexibility index (Phi) is 5.73. The second kappa shape index (κ2) is 6.09. The van der Waals surface area contributed by atoms with Crippen molar-refractivity contribution >= 4 is 5.97 Å². The van der Waals surface area contributed by atoms with Crippen LogP contribution in [0.1, 0.15) is 6.42 Å². The molecule has 0 rings (SSSR count). The van der Waals surface area contributed by atoms with Crippen molar-refractivity contribution in [2.75, 3.05) is 20.4 Å². The van der Waals surface area contributed by atoms with E-state index in [1.165, 1.54) is 7.11 Å². The normalized spacial score (nSPS) is 12.9. The van der Waals surface area contributed by atoms with Gasteiger partial charge in [0.1, 0.15) is 6.79 Å². The lowest BCUT2D eigenvalue weighted by Crippen LogP contribution is -2.27. The van der Waals surface area contributed by atoms with Gasteiger partial charge in [-0.3, -0.25) is 0 Å². The Balaban J connectivity index is 3.60. The first-order valence-electron chi connectivity index (χ1n) is 3.25. The number of nitrogens with two attached hydrogens (primary N) is 1. The largest absolute Gasteiger partial charge is 0.479 e. The highest BCUT2D eigenvalue weighted by Gasteiger charge is 2.15. The summed E-state index contributed by atoms with van der Waals surface area (Å²) >= 11 is 0. The number of carboxylic acids is 1. The Morgan fingerprint density at radius 3 is 2.73 bits per heavy atom. The molecule has 0 aliphatic rings. The average molecular weight is 163 g/mol. The highest BCUT2D eigenvalue weighted by Crippen LogP contribution is 1.96. The van der Waals surface area contributed by atoms with Crippen molar-refractivity contribution in [3.63, 3.8) is 0 Å². The standard InChI is InChI=1S/C6H13NO4/c1-10-4-11-5(2-3-7)6(8)9/h5H,2-4,7H2,1H3,(H,8,9). The molecule has 0 saturated heterocycles. The minimum Gasteiger partial charge on any atom is -0.479 e. The van der Waals surface area contributed by atoms with Gasteiger partial charge in [0.05, 0.1) is 0 Å². The lowest BCUT2D eigenvalue weighted by atomic mass is 10.2. The Bertz CT molecular complexity index is 117. The number of aliphatic carboxylic acids is 1. The number of hydrogen-bond acceptors (Lipinski definition) is 4. The zero-order chi connectivity index (χ0) is 8.69. The van der Waals surface area contributed by atoms with Crippen molar-refractivity contribution < 1.29 is 19.4 Å². The van der Waals surface area contributed by atoms with E-state index in [4.69, 9.17) is 15.6 Å². The maximum Gasteiger partial charge on any atom is 0.332 e. The maximum atomic E-state index is 10.4. The van der Waals surface area contributed by atoms with Crippen LogP contribution in [0.25, 0.3) is 0 Å². The van der Waals surface area contributed by atoms with Crippen molar-refractivity contribution in [2.45, 2.75) is 12.5 Å². The van der Waals surface area contributed by atoms with Crippen LogP contribution < -0.4 is 5.73 Å². The molecule has 0 aromatic carbocycles. The lowest BCUT2D eigenvalue weighted by Gasteiger charge is -2.10. The molecule has 1 unspecified atom stereocenters. The fourth-order valence-electron chi connectivity index (χ4n) is 0.580. The van der Waals surface area contributed by atoms with Crippen LogP contribution in [0.4, 0.5) is 0 Å².